The summed E-state index contributed by atoms with van der Waals surface area (Å²) in [5, 5.41) is 0. The van der Waals surface area contributed by atoms with Crippen molar-refractivity contribution in [1.29, 1.82) is 0 Å². The minimum atomic E-state index is -0.503. The summed E-state index contributed by atoms with van der Waals surface area (Å²) >= 11 is 0. The molecule has 168 valence electrons. The number of hydrogen-bond acceptors (Lipinski definition) is 4. The van der Waals surface area contributed by atoms with Crippen LogP contribution < -0.4 is 0 Å². The quantitative estimate of drug-likeness (QED) is 0.666. The van der Waals surface area contributed by atoms with Gasteiger partial charge in [-0.2, -0.15) is 0 Å². The topological polar surface area (TPSA) is 53.1 Å². The van der Waals surface area contributed by atoms with Gasteiger partial charge < -0.3 is 14.5 Å². The molecule has 1 aliphatic heterocycles. The zero-order chi connectivity index (χ0) is 22.3. The number of hydrogen-bond donors (Lipinski definition) is 0. The van der Waals surface area contributed by atoms with Crippen LogP contribution in [0.4, 0.5) is 4.79 Å². The fraction of sp³-hybridized carbons (Fsp3) is 0.667. The van der Waals surface area contributed by atoms with E-state index in [-0.39, 0.29) is 17.9 Å². The SMILES string of the molecule is CCN(CC)Cc1ccc(C(=O)N2CCCC(CN(C)C(=O)OC(C)(C)C)C2)cc1. The van der Waals surface area contributed by atoms with Crippen LogP contribution >= 0.6 is 0 Å². The number of likely N-dealkylation sites (tertiary alicyclic amines) is 1. The Hall–Kier alpha value is -2.08. The molecular weight excluding hydrogens is 378 g/mol. The van der Waals surface area contributed by atoms with Crippen molar-refractivity contribution in [3.63, 3.8) is 0 Å². The molecule has 1 aromatic rings. The Balaban J connectivity index is 1.93. The highest BCUT2D eigenvalue weighted by Gasteiger charge is 2.27. The summed E-state index contributed by atoms with van der Waals surface area (Å²) in [7, 11) is 1.77. The van der Waals surface area contributed by atoms with E-state index in [1.54, 1.807) is 11.9 Å². The Morgan fingerprint density at radius 2 is 1.77 bits per heavy atom. The highest BCUT2D eigenvalue weighted by Crippen LogP contribution is 2.21. The van der Waals surface area contributed by atoms with Crippen LogP contribution in [0, 0.1) is 5.92 Å². The van der Waals surface area contributed by atoms with Crippen LogP contribution in [0.1, 0.15) is 63.4 Å². The second-order valence-corrected chi connectivity index (χ2v) is 9.28. The molecule has 0 spiro atoms. The Morgan fingerprint density at radius 3 is 2.33 bits per heavy atom. The molecular formula is C24H39N3O3. The first-order chi connectivity index (χ1) is 14.1. The Bertz CT molecular complexity index is 693. The van der Waals surface area contributed by atoms with Crippen LogP contribution in [0.25, 0.3) is 0 Å². The van der Waals surface area contributed by atoms with Crippen molar-refractivity contribution in [3.8, 4) is 0 Å². The van der Waals surface area contributed by atoms with Crippen LogP contribution in [0.5, 0.6) is 0 Å². The predicted molar refractivity (Wildman–Crippen MR) is 121 cm³/mol. The molecule has 1 heterocycles. The highest BCUT2D eigenvalue weighted by molar-refractivity contribution is 5.94. The molecule has 1 unspecified atom stereocenters. The standard InChI is InChI=1S/C24H39N3O3/c1-7-26(8-2)17-19-11-13-21(14-12-19)22(28)27-15-9-10-20(18-27)16-25(6)23(29)30-24(3,4)5/h11-14,20H,7-10,15-18H2,1-6H3. The van der Waals surface area contributed by atoms with Gasteiger partial charge in [0.15, 0.2) is 0 Å². The van der Waals surface area contributed by atoms with E-state index < -0.39 is 5.60 Å². The summed E-state index contributed by atoms with van der Waals surface area (Å²) in [5.41, 5.74) is 1.46. The average molecular weight is 418 g/mol. The largest absolute Gasteiger partial charge is 0.444 e. The monoisotopic (exact) mass is 417 g/mol. The van der Waals surface area contributed by atoms with E-state index in [9.17, 15) is 9.59 Å². The molecule has 30 heavy (non-hydrogen) atoms. The number of amides is 2. The van der Waals surface area contributed by atoms with Crippen molar-refractivity contribution >= 4 is 12.0 Å². The summed E-state index contributed by atoms with van der Waals surface area (Å²) in [6.07, 6.45) is 1.66. The molecule has 0 saturated carbocycles. The number of ether oxygens (including phenoxy) is 1. The fourth-order valence-corrected chi connectivity index (χ4v) is 3.84. The van der Waals surface area contributed by atoms with Crippen molar-refractivity contribution in [3.05, 3.63) is 35.4 Å². The van der Waals surface area contributed by atoms with Gasteiger partial charge in [0.25, 0.3) is 5.91 Å². The number of rotatable bonds is 7. The van der Waals surface area contributed by atoms with Gasteiger partial charge in [-0.3, -0.25) is 9.69 Å². The molecule has 0 aliphatic carbocycles. The molecule has 2 amide bonds. The Labute approximate surface area is 182 Å². The van der Waals surface area contributed by atoms with E-state index in [1.807, 2.05) is 37.8 Å². The number of piperidine rings is 1. The van der Waals surface area contributed by atoms with E-state index in [0.29, 0.717) is 13.1 Å². The lowest BCUT2D eigenvalue weighted by atomic mass is 9.96. The third-order valence-corrected chi connectivity index (χ3v) is 5.54. The van der Waals surface area contributed by atoms with Crippen LogP contribution in [-0.4, -0.2) is 72.1 Å². The maximum absolute atomic E-state index is 13.0. The maximum Gasteiger partial charge on any atom is 0.410 e. The number of benzene rings is 1. The molecule has 2 rings (SSSR count). The molecule has 6 nitrogen and oxygen atoms in total. The third-order valence-electron chi connectivity index (χ3n) is 5.54. The van der Waals surface area contributed by atoms with Crippen LogP contribution in [0.2, 0.25) is 0 Å². The number of carbonyl (C=O) groups is 2. The molecule has 0 bridgehead atoms. The summed E-state index contributed by atoms with van der Waals surface area (Å²) in [5.74, 6) is 0.344. The number of nitrogens with zero attached hydrogens (tertiary/aromatic N) is 3. The van der Waals surface area contributed by atoms with E-state index in [0.717, 1.165) is 44.6 Å². The molecule has 1 atom stereocenters. The van der Waals surface area contributed by atoms with Gasteiger partial charge in [-0.05, 0) is 70.3 Å². The van der Waals surface area contributed by atoms with Crippen LogP contribution in [-0.2, 0) is 11.3 Å². The third kappa shape index (κ3) is 7.31. The predicted octanol–water partition coefficient (Wildman–Crippen LogP) is 4.25. The van der Waals surface area contributed by atoms with Gasteiger partial charge in [0, 0.05) is 38.8 Å². The van der Waals surface area contributed by atoms with Gasteiger partial charge in [0.1, 0.15) is 5.60 Å². The maximum atomic E-state index is 13.0. The molecule has 0 radical (unpaired) electrons. The normalized spacial score (nSPS) is 17.2. The lowest BCUT2D eigenvalue weighted by molar-refractivity contribution is 0.0244. The minimum absolute atomic E-state index is 0.0778. The molecule has 1 aromatic carbocycles. The lowest BCUT2D eigenvalue weighted by Gasteiger charge is -2.35. The second-order valence-electron chi connectivity index (χ2n) is 9.28. The number of carbonyl (C=O) groups excluding carboxylic acids is 2. The van der Waals surface area contributed by atoms with Gasteiger partial charge in [0.2, 0.25) is 0 Å². The summed E-state index contributed by atoms with van der Waals surface area (Å²) < 4.78 is 5.44. The van der Waals surface area contributed by atoms with E-state index in [1.165, 1.54) is 5.56 Å². The smallest absolute Gasteiger partial charge is 0.410 e. The first-order valence-corrected chi connectivity index (χ1v) is 11.2. The van der Waals surface area contributed by atoms with Crippen LogP contribution in [0.3, 0.4) is 0 Å². The highest BCUT2D eigenvalue weighted by atomic mass is 16.6. The molecule has 1 fully saturated rings. The van der Waals surface area contributed by atoms with Crippen molar-refractivity contribution < 1.29 is 14.3 Å². The molecule has 1 aliphatic rings. The molecule has 0 aromatic heterocycles. The van der Waals surface area contributed by atoms with E-state index in [4.69, 9.17) is 4.74 Å². The van der Waals surface area contributed by atoms with Gasteiger partial charge in [-0.1, -0.05) is 26.0 Å². The average Bonchev–Trinajstić information content (AvgIpc) is 2.71. The fourth-order valence-electron chi connectivity index (χ4n) is 3.84. The molecule has 0 N–H and O–H groups in total. The van der Waals surface area contributed by atoms with E-state index >= 15 is 0 Å². The van der Waals surface area contributed by atoms with Gasteiger partial charge in [-0.15, -0.1) is 0 Å². The summed E-state index contributed by atoms with van der Waals surface area (Å²) in [6.45, 7) is 14.9. The summed E-state index contributed by atoms with van der Waals surface area (Å²) in [6, 6.07) is 8.00. The minimum Gasteiger partial charge on any atom is -0.444 e. The first kappa shape index (κ1) is 24.2. The zero-order valence-corrected chi connectivity index (χ0v) is 19.6. The lowest BCUT2D eigenvalue weighted by Crippen LogP contribution is -2.45. The van der Waals surface area contributed by atoms with E-state index in [2.05, 4.69) is 30.9 Å². The van der Waals surface area contributed by atoms with Gasteiger partial charge in [-0.25, -0.2) is 4.79 Å². The zero-order valence-electron chi connectivity index (χ0n) is 19.6. The van der Waals surface area contributed by atoms with Gasteiger partial charge in [0.05, 0.1) is 0 Å². The van der Waals surface area contributed by atoms with Crippen molar-refractivity contribution in [2.24, 2.45) is 5.92 Å². The molecule has 6 heteroatoms. The van der Waals surface area contributed by atoms with Gasteiger partial charge >= 0.3 is 6.09 Å². The second kappa shape index (κ2) is 10.8. The first-order valence-electron chi connectivity index (χ1n) is 11.2. The van der Waals surface area contributed by atoms with Crippen molar-refractivity contribution in [1.82, 2.24) is 14.7 Å². The Morgan fingerprint density at radius 1 is 1.13 bits per heavy atom. The van der Waals surface area contributed by atoms with Crippen molar-refractivity contribution in [2.45, 2.75) is 59.6 Å². The Kier molecular flexibility index (Phi) is 8.71. The van der Waals surface area contributed by atoms with Crippen molar-refractivity contribution in [2.75, 3.05) is 39.8 Å². The molecule has 1 saturated heterocycles. The summed E-state index contributed by atoms with van der Waals surface area (Å²) in [4.78, 5) is 31.2. The van der Waals surface area contributed by atoms with Crippen LogP contribution in [0.15, 0.2) is 24.3 Å².